The number of nitrogens with one attached hydrogen (secondary N) is 2. The number of aromatic nitrogens is 2. The van der Waals surface area contributed by atoms with Crippen LogP contribution in [0.4, 0.5) is 0 Å². The van der Waals surface area contributed by atoms with E-state index < -0.39 is 0 Å². The maximum Gasteiger partial charge on any atom is 0.255 e. The number of carbonyl (C=O) groups excluding carboxylic acids is 1. The number of rotatable bonds is 3. The van der Waals surface area contributed by atoms with Gasteiger partial charge in [0.25, 0.3) is 5.91 Å². The largest absolute Gasteiger partial charge is 0.352 e. The molecule has 0 radical (unpaired) electrons. The summed E-state index contributed by atoms with van der Waals surface area (Å²) in [5.74, 6) is 0.527. The van der Waals surface area contributed by atoms with E-state index in [2.05, 4.69) is 15.7 Å². The number of carbonyl (C=O) groups is 1. The topological polar surface area (TPSA) is 58.4 Å². The SMILES string of the molecule is O=C(NCC1CNC1)c1cnn2ccccc12. The van der Waals surface area contributed by atoms with Gasteiger partial charge in [-0.3, -0.25) is 4.79 Å². The van der Waals surface area contributed by atoms with Gasteiger partial charge in [-0.25, -0.2) is 4.52 Å². The third-order valence-electron chi connectivity index (χ3n) is 3.09. The molecule has 0 aromatic carbocycles. The zero-order chi connectivity index (χ0) is 11.7. The predicted octanol–water partition coefficient (Wildman–Crippen LogP) is 0.284. The fourth-order valence-corrected chi connectivity index (χ4v) is 1.93. The normalized spacial score (nSPS) is 15.8. The van der Waals surface area contributed by atoms with Gasteiger partial charge in [-0.15, -0.1) is 0 Å². The van der Waals surface area contributed by atoms with E-state index in [1.165, 1.54) is 0 Å². The van der Waals surface area contributed by atoms with E-state index >= 15 is 0 Å². The van der Waals surface area contributed by atoms with E-state index in [9.17, 15) is 4.79 Å². The standard InChI is InChI=1S/C12H14N4O/c17-12(14-7-9-5-13-6-9)10-8-15-16-4-2-1-3-11(10)16/h1-4,8-9,13H,5-7H2,(H,14,17). The third kappa shape index (κ3) is 1.89. The van der Waals surface area contributed by atoms with Gasteiger partial charge in [0.1, 0.15) is 0 Å². The Morgan fingerprint density at radius 1 is 1.53 bits per heavy atom. The highest BCUT2D eigenvalue weighted by atomic mass is 16.1. The Bertz CT molecular complexity index is 544. The van der Waals surface area contributed by atoms with Gasteiger partial charge in [-0.2, -0.15) is 5.10 Å². The molecule has 1 fully saturated rings. The summed E-state index contributed by atoms with van der Waals surface area (Å²) in [6, 6.07) is 5.69. The molecule has 1 saturated heterocycles. The van der Waals surface area contributed by atoms with Gasteiger partial charge in [0, 0.05) is 31.7 Å². The average molecular weight is 230 g/mol. The number of fused-ring (bicyclic) bond motifs is 1. The molecule has 0 spiro atoms. The zero-order valence-electron chi connectivity index (χ0n) is 9.39. The highest BCUT2D eigenvalue weighted by Crippen LogP contribution is 2.10. The lowest BCUT2D eigenvalue weighted by Gasteiger charge is -2.26. The van der Waals surface area contributed by atoms with Crippen LogP contribution in [0.5, 0.6) is 0 Å². The quantitative estimate of drug-likeness (QED) is 0.796. The van der Waals surface area contributed by atoms with E-state index in [0.29, 0.717) is 11.5 Å². The molecule has 1 amide bonds. The zero-order valence-corrected chi connectivity index (χ0v) is 9.39. The minimum absolute atomic E-state index is 0.0434. The van der Waals surface area contributed by atoms with Gasteiger partial charge in [0.2, 0.25) is 0 Å². The van der Waals surface area contributed by atoms with Crippen LogP contribution < -0.4 is 10.6 Å². The summed E-state index contributed by atoms with van der Waals surface area (Å²) in [5.41, 5.74) is 1.48. The molecular weight excluding hydrogens is 216 g/mol. The molecule has 0 aliphatic carbocycles. The minimum Gasteiger partial charge on any atom is -0.352 e. The van der Waals surface area contributed by atoms with Crippen molar-refractivity contribution in [2.45, 2.75) is 0 Å². The van der Waals surface area contributed by atoms with E-state index in [1.807, 2.05) is 24.4 Å². The molecule has 88 valence electrons. The first-order valence-corrected chi connectivity index (χ1v) is 5.76. The summed E-state index contributed by atoms with van der Waals surface area (Å²) in [6.45, 7) is 2.72. The molecule has 2 aromatic rings. The van der Waals surface area contributed by atoms with Gasteiger partial charge in [0.15, 0.2) is 0 Å². The van der Waals surface area contributed by atoms with Crippen LogP contribution in [0.15, 0.2) is 30.6 Å². The Morgan fingerprint density at radius 3 is 3.18 bits per heavy atom. The second-order valence-corrected chi connectivity index (χ2v) is 4.32. The molecule has 5 heteroatoms. The van der Waals surface area contributed by atoms with Crippen molar-refractivity contribution in [3.63, 3.8) is 0 Å². The molecule has 2 N–H and O–H groups in total. The monoisotopic (exact) mass is 230 g/mol. The van der Waals surface area contributed by atoms with Gasteiger partial charge in [0.05, 0.1) is 17.3 Å². The van der Waals surface area contributed by atoms with Crippen molar-refractivity contribution in [3.8, 4) is 0 Å². The lowest BCUT2D eigenvalue weighted by atomic mass is 10.0. The smallest absolute Gasteiger partial charge is 0.255 e. The number of nitrogens with zero attached hydrogens (tertiary/aromatic N) is 2. The van der Waals surface area contributed by atoms with Crippen LogP contribution >= 0.6 is 0 Å². The van der Waals surface area contributed by atoms with Crippen LogP contribution in [-0.4, -0.2) is 35.2 Å². The minimum atomic E-state index is -0.0434. The molecule has 5 nitrogen and oxygen atoms in total. The van der Waals surface area contributed by atoms with Crippen molar-refractivity contribution in [1.29, 1.82) is 0 Å². The lowest BCUT2D eigenvalue weighted by Crippen LogP contribution is -2.48. The van der Waals surface area contributed by atoms with Crippen molar-refractivity contribution in [1.82, 2.24) is 20.2 Å². The molecule has 1 aliphatic heterocycles. The van der Waals surface area contributed by atoms with E-state index in [1.54, 1.807) is 10.7 Å². The molecule has 2 aromatic heterocycles. The fourth-order valence-electron chi connectivity index (χ4n) is 1.93. The molecule has 1 aliphatic rings. The summed E-state index contributed by atoms with van der Waals surface area (Å²) in [4.78, 5) is 12.0. The van der Waals surface area contributed by atoms with Gasteiger partial charge in [-0.1, -0.05) is 6.07 Å². The second kappa shape index (κ2) is 4.18. The van der Waals surface area contributed by atoms with Gasteiger partial charge >= 0.3 is 0 Å². The van der Waals surface area contributed by atoms with Crippen molar-refractivity contribution >= 4 is 11.4 Å². The van der Waals surface area contributed by atoms with Crippen LogP contribution in [-0.2, 0) is 0 Å². The molecular formula is C12H14N4O. The summed E-state index contributed by atoms with van der Waals surface area (Å²) < 4.78 is 1.71. The highest BCUT2D eigenvalue weighted by molar-refractivity contribution is 6.00. The fraction of sp³-hybridized carbons (Fsp3) is 0.333. The summed E-state index contributed by atoms with van der Waals surface area (Å²) in [5, 5.41) is 10.3. The molecule has 0 bridgehead atoms. The van der Waals surface area contributed by atoms with E-state index in [0.717, 1.165) is 25.2 Å². The second-order valence-electron chi connectivity index (χ2n) is 4.32. The predicted molar refractivity (Wildman–Crippen MR) is 63.9 cm³/mol. The molecule has 0 saturated carbocycles. The van der Waals surface area contributed by atoms with Crippen LogP contribution in [0, 0.1) is 5.92 Å². The van der Waals surface area contributed by atoms with Gasteiger partial charge < -0.3 is 10.6 Å². The Balaban J connectivity index is 1.75. The first-order valence-electron chi connectivity index (χ1n) is 5.76. The van der Waals surface area contributed by atoms with Crippen molar-refractivity contribution in [2.75, 3.05) is 19.6 Å². The lowest BCUT2D eigenvalue weighted by molar-refractivity contribution is 0.0944. The number of pyridine rings is 1. The van der Waals surface area contributed by atoms with Crippen LogP contribution in [0.1, 0.15) is 10.4 Å². The van der Waals surface area contributed by atoms with Crippen LogP contribution in [0.3, 0.4) is 0 Å². The first kappa shape index (κ1) is 10.3. The van der Waals surface area contributed by atoms with Crippen molar-refractivity contribution < 1.29 is 4.79 Å². The Morgan fingerprint density at radius 2 is 2.41 bits per heavy atom. The van der Waals surface area contributed by atoms with Crippen LogP contribution in [0.25, 0.3) is 5.52 Å². The summed E-state index contributed by atoms with van der Waals surface area (Å²) >= 11 is 0. The van der Waals surface area contributed by atoms with Crippen molar-refractivity contribution in [3.05, 3.63) is 36.2 Å². The molecule has 3 rings (SSSR count). The highest BCUT2D eigenvalue weighted by Gasteiger charge is 2.18. The Hall–Kier alpha value is -1.88. The first-order chi connectivity index (χ1) is 8.34. The summed E-state index contributed by atoms with van der Waals surface area (Å²) in [6.07, 6.45) is 3.45. The van der Waals surface area contributed by atoms with E-state index in [-0.39, 0.29) is 5.91 Å². The maximum absolute atomic E-state index is 12.0. The van der Waals surface area contributed by atoms with Crippen molar-refractivity contribution in [2.24, 2.45) is 5.92 Å². The molecule has 0 atom stereocenters. The Labute approximate surface area is 98.8 Å². The summed E-state index contributed by atoms with van der Waals surface area (Å²) in [7, 11) is 0. The van der Waals surface area contributed by atoms with Crippen LogP contribution in [0.2, 0.25) is 0 Å². The number of amides is 1. The Kier molecular flexibility index (Phi) is 2.53. The third-order valence-corrected chi connectivity index (χ3v) is 3.09. The molecule has 17 heavy (non-hydrogen) atoms. The van der Waals surface area contributed by atoms with E-state index in [4.69, 9.17) is 0 Å². The molecule has 3 heterocycles. The maximum atomic E-state index is 12.0. The average Bonchev–Trinajstić information content (AvgIpc) is 2.70. The number of hydrogen-bond acceptors (Lipinski definition) is 3. The molecule has 0 unspecified atom stereocenters. The number of hydrogen-bond donors (Lipinski definition) is 2. The van der Waals surface area contributed by atoms with Gasteiger partial charge in [-0.05, 0) is 12.1 Å².